The van der Waals surface area contributed by atoms with Gasteiger partial charge < -0.3 is 4.74 Å². The van der Waals surface area contributed by atoms with Crippen molar-refractivity contribution in [1.82, 2.24) is 0 Å². The SMILES string of the molecule is O=[N+]([O-])C1=Cc2cc(Cl)ccc2OC1c1ccc(F)cc1. The molecule has 1 unspecified atom stereocenters. The molecule has 4 nitrogen and oxygen atoms in total. The van der Waals surface area contributed by atoms with E-state index < -0.39 is 16.8 Å². The van der Waals surface area contributed by atoms with Crippen molar-refractivity contribution in [2.75, 3.05) is 0 Å². The van der Waals surface area contributed by atoms with Crippen LogP contribution in [-0.4, -0.2) is 4.92 Å². The number of halogens is 2. The van der Waals surface area contributed by atoms with Crippen molar-refractivity contribution in [3.8, 4) is 5.75 Å². The molecule has 1 atom stereocenters. The Kier molecular flexibility index (Phi) is 3.35. The molecule has 0 bridgehead atoms. The third-order valence-corrected chi connectivity index (χ3v) is 3.41. The van der Waals surface area contributed by atoms with Crippen molar-refractivity contribution >= 4 is 17.7 Å². The van der Waals surface area contributed by atoms with Crippen LogP contribution < -0.4 is 4.74 Å². The van der Waals surface area contributed by atoms with Crippen molar-refractivity contribution in [3.05, 3.63) is 80.2 Å². The standard InChI is InChI=1S/C15H9ClFNO3/c16-11-3-6-14-10(7-11)8-13(18(19)20)15(21-14)9-1-4-12(17)5-2-9/h1-8,15H. The normalized spacial score (nSPS) is 16.7. The van der Waals surface area contributed by atoms with Crippen LogP contribution in [0.5, 0.6) is 5.75 Å². The van der Waals surface area contributed by atoms with E-state index in [0.29, 0.717) is 21.9 Å². The maximum Gasteiger partial charge on any atom is 0.291 e. The maximum absolute atomic E-state index is 13.0. The molecule has 0 aliphatic carbocycles. The third kappa shape index (κ3) is 2.60. The molecule has 0 amide bonds. The molecule has 6 heteroatoms. The van der Waals surface area contributed by atoms with Gasteiger partial charge in [-0.3, -0.25) is 10.1 Å². The molecule has 0 N–H and O–H groups in total. The fourth-order valence-corrected chi connectivity index (χ4v) is 2.37. The molecular formula is C15H9ClFNO3. The van der Waals surface area contributed by atoms with E-state index in [2.05, 4.69) is 0 Å². The van der Waals surface area contributed by atoms with Crippen molar-refractivity contribution in [2.24, 2.45) is 0 Å². The van der Waals surface area contributed by atoms with Crippen LogP contribution in [0.4, 0.5) is 4.39 Å². The van der Waals surface area contributed by atoms with Gasteiger partial charge in [0.25, 0.3) is 5.70 Å². The van der Waals surface area contributed by atoms with Gasteiger partial charge in [0.2, 0.25) is 6.10 Å². The van der Waals surface area contributed by atoms with Gasteiger partial charge in [-0.05, 0) is 30.3 Å². The van der Waals surface area contributed by atoms with E-state index in [9.17, 15) is 14.5 Å². The Morgan fingerprint density at radius 1 is 1.19 bits per heavy atom. The van der Waals surface area contributed by atoms with Gasteiger partial charge in [0.15, 0.2) is 0 Å². The first kappa shape index (κ1) is 13.6. The quantitative estimate of drug-likeness (QED) is 0.616. The molecule has 106 valence electrons. The van der Waals surface area contributed by atoms with Crippen LogP contribution in [0.3, 0.4) is 0 Å². The lowest BCUT2D eigenvalue weighted by atomic mass is 10.0. The van der Waals surface area contributed by atoms with Crippen molar-refractivity contribution in [3.63, 3.8) is 0 Å². The summed E-state index contributed by atoms with van der Waals surface area (Å²) in [5.74, 6) is 0.0905. The number of hydrogen-bond donors (Lipinski definition) is 0. The Hall–Kier alpha value is -2.40. The van der Waals surface area contributed by atoms with Gasteiger partial charge in [0.05, 0.1) is 4.92 Å². The topological polar surface area (TPSA) is 52.4 Å². The van der Waals surface area contributed by atoms with Gasteiger partial charge in [-0.2, -0.15) is 0 Å². The molecule has 0 saturated heterocycles. The van der Waals surface area contributed by atoms with Crippen LogP contribution in [0.2, 0.25) is 5.02 Å². The summed E-state index contributed by atoms with van der Waals surface area (Å²) in [7, 11) is 0. The predicted octanol–water partition coefficient (Wildman–Crippen LogP) is 4.23. The summed E-state index contributed by atoms with van der Waals surface area (Å²) in [6.45, 7) is 0. The molecule has 0 fully saturated rings. The second-order valence-corrected chi connectivity index (χ2v) is 4.99. The zero-order valence-corrected chi connectivity index (χ0v) is 11.4. The lowest BCUT2D eigenvalue weighted by molar-refractivity contribution is -0.434. The average molecular weight is 306 g/mol. The summed E-state index contributed by atoms with van der Waals surface area (Å²) in [5, 5.41) is 11.7. The number of rotatable bonds is 2. The predicted molar refractivity (Wildman–Crippen MR) is 76.2 cm³/mol. The first-order valence-electron chi connectivity index (χ1n) is 6.12. The largest absolute Gasteiger partial charge is 0.474 e. The molecule has 3 rings (SSSR count). The Morgan fingerprint density at radius 3 is 2.57 bits per heavy atom. The van der Waals surface area contributed by atoms with Crippen LogP contribution in [0.15, 0.2) is 48.2 Å². The lowest BCUT2D eigenvalue weighted by Crippen LogP contribution is -2.19. The second kappa shape index (κ2) is 5.18. The molecule has 0 spiro atoms. The lowest BCUT2D eigenvalue weighted by Gasteiger charge is -2.22. The van der Waals surface area contributed by atoms with E-state index in [0.717, 1.165) is 0 Å². The number of nitrogens with zero attached hydrogens (tertiary/aromatic N) is 1. The van der Waals surface area contributed by atoms with Crippen LogP contribution >= 0.6 is 11.6 Å². The van der Waals surface area contributed by atoms with E-state index in [4.69, 9.17) is 16.3 Å². The molecule has 1 heterocycles. The third-order valence-electron chi connectivity index (χ3n) is 3.17. The zero-order valence-electron chi connectivity index (χ0n) is 10.6. The molecule has 0 saturated carbocycles. The maximum atomic E-state index is 13.0. The Balaban J connectivity index is 2.08. The van der Waals surface area contributed by atoms with Crippen LogP contribution in [0.1, 0.15) is 17.2 Å². The fourth-order valence-electron chi connectivity index (χ4n) is 2.19. The zero-order chi connectivity index (χ0) is 15.0. The van der Waals surface area contributed by atoms with Gasteiger partial charge in [0.1, 0.15) is 11.6 Å². The van der Waals surface area contributed by atoms with E-state index in [1.807, 2.05) is 0 Å². The number of hydrogen-bond acceptors (Lipinski definition) is 3. The minimum atomic E-state index is -0.880. The molecule has 1 aliphatic rings. The Morgan fingerprint density at radius 2 is 1.90 bits per heavy atom. The highest BCUT2D eigenvalue weighted by Gasteiger charge is 2.33. The van der Waals surface area contributed by atoms with Gasteiger partial charge in [-0.15, -0.1) is 0 Å². The van der Waals surface area contributed by atoms with Crippen molar-refractivity contribution in [1.29, 1.82) is 0 Å². The summed E-state index contributed by atoms with van der Waals surface area (Å²) >= 11 is 5.88. The Bertz CT molecular complexity index is 743. The summed E-state index contributed by atoms with van der Waals surface area (Å²) in [5.41, 5.74) is 0.948. The summed E-state index contributed by atoms with van der Waals surface area (Å²) in [6, 6.07) is 10.3. The highest BCUT2D eigenvalue weighted by atomic mass is 35.5. The van der Waals surface area contributed by atoms with E-state index in [-0.39, 0.29) is 5.70 Å². The van der Waals surface area contributed by atoms with E-state index in [1.165, 1.54) is 30.3 Å². The monoisotopic (exact) mass is 305 g/mol. The van der Waals surface area contributed by atoms with Crippen molar-refractivity contribution in [2.45, 2.75) is 6.10 Å². The van der Waals surface area contributed by atoms with Crippen LogP contribution in [0, 0.1) is 15.9 Å². The highest BCUT2D eigenvalue weighted by molar-refractivity contribution is 6.30. The highest BCUT2D eigenvalue weighted by Crippen LogP contribution is 2.38. The molecule has 1 aliphatic heterocycles. The molecule has 21 heavy (non-hydrogen) atoms. The van der Waals surface area contributed by atoms with Crippen LogP contribution in [0.25, 0.3) is 6.08 Å². The van der Waals surface area contributed by atoms with Gasteiger partial charge in [-0.25, -0.2) is 4.39 Å². The first-order valence-corrected chi connectivity index (χ1v) is 6.50. The molecule has 0 radical (unpaired) electrons. The smallest absolute Gasteiger partial charge is 0.291 e. The number of ether oxygens (including phenoxy) is 1. The first-order chi connectivity index (χ1) is 10.0. The van der Waals surface area contributed by atoms with Gasteiger partial charge >= 0.3 is 0 Å². The fraction of sp³-hybridized carbons (Fsp3) is 0.0667. The Labute approximate surface area is 124 Å². The minimum absolute atomic E-state index is 0.114. The van der Waals surface area contributed by atoms with Gasteiger partial charge in [0, 0.05) is 22.2 Å². The number of nitro groups is 1. The number of fused-ring (bicyclic) bond motifs is 1. The summed E-state index contributed by atoms with van der Waals surface area (Å²) in [6.07, 6.45) is 0.549. The summed E-state index contributed by atoms with van der Waals surface area (Å²) in [4.78, 5) is 10.7. The molecular weight excluding hydrogens is 297 g/mol. The number of benzene rings is 2. The molecule has 2 aromatic carbocycles. The van der Waals surface area contributed by atoms with Crippen molar-refractivity contribution < 1.29 is 14.1 Å². The van der Waals surface area contributed by atoms with Crippen LogP contribution in [-0.2, 0) is 0 Å². The second-order valence-electron chi connectivity index (χ2n) is 4.56. The molecule has 2 aromatic rings. The average Bonchev–Trinajstić information content (AvgIpc) is 2.46. The van der Waals surface area contributed by atoms with E-state index >= 15 is 0 Å². The molecule has 0 aromatic heterocycles. The summed E-state index contributed by atoms with van der Waals surface area (Å²) < 4.78 is 18.7. The van der Waals surface area contributed by atoms with Gasteiger partial charge in [-0.1, -0.05) is 23.7 Å². The minimum Gasteiger partial charge on any atom is -0.474 e. The van der Waals surface area contributed by atoms with E-state index in [1.54, 1.807) is 18.2 Å².